The lowest BCUT2D eigenvalue weighted by Gasteiger charge is -2.10. The van der Waals surface area contributed by atoms with E-state index < -0.39 is 0 Å². The Kier molecular flexibility index (Phi) is 6.88. The Hall–Kier alpha value is -8.30. The van der Waals surface area contributed by atoms with Gasteiger partial charge in [-0.1, -0.05) is 48.5 Å². The van der Waals surface area contributed by atoms with Gasteiger partial charge in [0.1, 0.15) is 34.6 Å². The van der Waals surface area contributed by atoms with Gasteiger partial charge < -0.3 is 9.47 Å². The van der Waals surface area contributed by atoms with Gasteiger partial charge in [-0.2, -0.15) is 0 Å². The van der Waals surface area contributed by atoms with Crippen molar-refractivity contribution in [3.63, 3.8) is 0 Å². The second-order valence-corrected chi connectivity index (χ2v) is 14.3. The summed E-state index contributed by atoms with van der Waals surface area (Å²) in [6.07, 6.45) is 3.87. The van der Waals surface area contributed by atoms with Crippen LogP contribution < -0.4 is 9.47 Å². The van der Waals surface area contributed by atoms with Crippen molar-refractivity contribution >= 4 is 65.4 Å². The number of rotatable bonds is 7. The SMILES string of the molecule is [2H]c1cccc(-n2c3ccccc3c3ccc(Oc4ccc5c6ccc(Oc7ccc8c9ccccc9n(-c9cccc([2H])n9)c8c7)cc6n(-c6ncccn6)c5c4)cc32)n1. The number of benzene rings is 6. The average molecular weight is 764 g/mol. The highest BCUT2D eigenvalue weighted by Crippen LogP contribution is 2.40. The number of fused-ring (bicyclic) bond motifs is 9. The molecule has 0 saturated heterocycles. The van der Waals surface area contributed by atoms with E-state index in [0.717, 1.165) is 65.4 Å². The fourth-order valence-electron chi connectivity index (χ4n) is 8.41. The van der Waals surface area contributed by atoms with E-state index in [9.17, 15) is 0 Å². The van der Waals surface area contributed by atoms with Crippen LogP contribution in [0, 0.1) is 0 Å². The summed E-state index contributed by atoms with van der Waals surface area (Å²) >= 11 is 0. The van der Waals surface area contributed by atoms with E-state index in [1.165, 1.54) is 0 Å². The second-order valence-electron chi connectivity index (χ2n) is 14.3. The van der Waals surface area contributed by atoms with Crippen molar-refractivity contribution in [2.24, 2.45) is 0 Å². The molecule has 12 aromatic rings. The summed E-state index contributed by atoms with van der Waals surface area (Å²) in [4.78, 5) is 18.4. The minimum Gasteiger partial charge on any atom is -0.457 e. The fourth-order valence-corrected chi connectivity index (χ4v) is 8.41. The molecule has 0 N–H and O–H groups in total. The highest BCUT2D eigenvalue weighted by atomic mass is 16.5. The van der Waals surface area contributed by atoms with Crippen molar-refractivity contribution in [1.29, 1.82) is 0 Å². The Labute approximate surface area is 339 Å². The molecule has 0 fully saturated rings. The van der Waals surface area contributed by atoms with Gasteiger partial charge in [0.05, 0.1) is 35.8 Å². The van der Waals surface area contributed by atoms with Crippen LogP contribution in [0.2, 0.25) is 0 Å². The van der Waals surface area contributed by atoms with Gasteiger partial charge in [-0.25, -0.2) is 19.9 Å². The summed E-state index contributed by atoms with van der Waals surface area (Å²) in [7, 11) is 0. The van der Waals surface area contributed by atoms with Crippen LogP contribution in [0.5, 0.6) is 23.0 Å². The second kappa shape index (κ2) is 13.1. The third kappa shape index (κ3) is 5.33. The van der Waals surface area contributed by atoms with E-state index in [1.807, 2.05) is 102 Å². The molecule has 59 heavy (non-hydrogen) atoms. The zero-order chi connectivity index (χ0) is 40.6. The molecule has 9 heteroatoms. The van der Waals surface area contributed by atoms with Crippen LogP contribution in [0.25, 0.3) is 83.0 Å². The van der Waals surface area contributed by atoms with Crippen LogP contribution in [0.4, 0.5) is 0 Å². The molecule has 0 spiro atoms. The van der Waals surface area contributed by atoms with Gasteiger partial charge >= 0.3 is 0 Å². The molecule has 0 aliphatic rings. The quantitative estimate of drug-likeness (QED) is 0.161. The first-order chi connectivity index (χ1) is 30.0. The number of hydrogen-bond acceptors (Lipinski definition) is 6. The molecule has 0 unspecified atom stereocenters. The Morgan fingerprint density at radius 3 is 1.14 bits per heavy atom. The third-order valence-electron chi connectivity index (χ3n) is 10.9. The van der Waals surface area contributed by atoms with E-state index >= 15 is 0 Å². The van der Waals surface area contributed by atoms with E-state index in [0.29, 0.717) is 40.6 Å². The Balaban J connectivity index is 0.953. The fraction of sp³-hybridized carbons (Fsp3) is 0. The number of para-hydroxylation sites is 2. The van der Waals surface area contributed by atoms with Gasteiger partial charge in [0.25, 0.3) is 0 Å². The van der Waals surface area contributed by atoms with Gasteiger partial charge in [-0.3, -0.25) is 13.7 Å². The average Bonchev–Trinajstić information content (AvgIpc) is 3.91. The van der Waals surface area contributed by atoms with Crippen molar-refractivity contribution in [3.8, 4) is 40.6 Å². The molecule has 0 atom stereocenters. The van der Waals surface area contributed by atoms with Crippen LogP contribution in [-0.2, 0) is 0 Å². The normalized spacial score (nSPS) is 12.2. The first kappa shape index (κ1) is 30.9. The number of hydrogen-bond donors (Lipinski definition) is 0. The van der Waals surface area contributed by atoms with Crippen molar-refractivity contribution in [2.75, 3.05) is 0 Å². The molecule has 0 bridgehead atoms. The lowest BCUT2D eigenvalue weighted by atomic mass is 10.1. The summed E-state index contributed by atoms with van der Waals surface area (Å²) in [6, 6.07) is 53.4. The van der Waals surface area contributed by atoms with Gasteiger partial charge in [0.2, 0.25) is 5.95 Å². The van der Waals surface area contributed by atoms with Gasteiger partial charge in [-0.15, -0.1) is 0 Å². The summed E-state index contributed by atoms with van der Waals surface area (Å²) in [5, 5.41) is 6.33. The van der Waals surface area contributed by atoms with Crippen LogP contribution in [0.15, 0.2) is 189 Å². The first-order valence-electron chi connectivity index (χ1n) is 20.2. The summed E-state index contributed by atoms with van der Waals surface area (Å²) < 4.78 is 35.9. The lowest BCUT2D eigenvalue weighted by Crippen LogP contribution is -2.00. The molecule has 6 aromatic heterocycles. The van der Waals surface area contributed by atoms with Gasteiger partial charge in [0, 0.05) is 81.3 Å². The van der Waals surface area contributed by atoms with Crippen molar-refractivity contribution in [3.05, 3.63) is 189 Å². The number of ether oxygens (including phenoxy) is 2. The molecule has 9 nitrogen and oxygen atoms in total. The minimum atomic E-state index is 0.201. The summed E-state index contributed by atoms with van der Waals surface area (Å²) in [5.41, 5.74) is 5.60. The zero-order valence-corrected chi connectivity index (χ0v) is 31.2. The molecule has 0 radical (unpaired) electrons. The molecule has 6 aromatic carbocycles. The van der Waals surface area contributed by atoms with Gasteiger partial charge in [0.15, 0.2) is 0 Å². The van der Waals surface area contributed by atoms with E-state index in [1.54, 1.807) is 30.6 Å². The third-order valence-corrected chi connectivity index (χ3v) is 10.9. The van der Waals surface area contributed by atoms with Crippen LogP contribution in [-0.4, -0.2) is 33.6 Å². The number of aromatic nitrogens is 7. The molecule has 278 valence electrons. The number of nitrogens with zero attached hydrogens (tertiary/aromatic N) is 7. The maximum absolute atomic E-state index is 8.20. The molecular weight excluding hydrogens is 731 g/mol. The van der Waals surface area contributed by atoms with Crippen molar-refractivity contribution in [1.82, 2.24) is 33.6 Å². The predicted molar refractivity (Wildman–Crippen MR) is 234 cm³/mol. The van der Waals surface area contributed by atoms with E-state index in [2.05, 4.69) is 77.6 Å². The number of pyridine rings is 2. The highest BCUT2D eigenvalue weighted by Gasteiger charge is 2.19. The van der Waals surface area contributed by atoms with Crippen LogP contribution in [0.3, 0.4) is 0 Å². The molecule has 0 amide bonds. The topological polar surface area (TPSA) is 84.8 Å². The molecule has 0 aliphatic carbocycles. The maximum atomic E-state index is 8.20. The van der Waals surface area contributed by atoms with Crippen molar-refractivity contribution < 1.29 is 12.2 Å². The predicted octanol–water partition coefficient (Wildman–Crippen LogP) is 12.1. The molecular formula is C50H31N7O2. The smallest absolute Gasteiger partial charge is 0.234 e. The minimum absolute atomic E-state index is 0.201. The maximum Gasteiger partial charge on any atom is 0.234 e. The molecule has 0 aliphatic heterocycles. The first-order valence-corrected chi connectivity index (χ1v) is 19.2. The summed E-state index contributed by atoms with van der Waals surface area (Å²) in [6.45, 7) is 0. The van der Waals surface area contributed by atoms with Crippen LogP contribution in [0.1, 0.15) is 2.74 Å². The molecule has 6 heterocycles. The van der Waals surface area contributed by atoms with Gasteiger partial charge in [-0.05, 0) is 91.0 Å². The monoisotopic (exact) mass is 763 g/mol. The Morgan fingerprint density at radius 2 is 0.712 bits per heavy atom. The van der Waals surface area contributed by atoms with E-state index in [-0.39, 0.29) is 12.3 Å². The van der Waals surface area contributed by atoms with Crippen LogP contribution >= 0.6 is 0 Å². The Morgan fingerprint density at radius 1 is 0.339 bits per heavy atom. The lowest BCUT2D eigenvalue weighted by molar-refractivity contribution is 0.484. The molecule has 0 saturated carbocycles. The Bertz CT molecular complexity index is 3490. The summed E-state index contributed by atoms with van der Waals surface area (Å²) in [5.74, 6) is 4.46. The standard InChI is InChI=1S/C50H31N7O2/c1-3-12-42-36(10-1)38-20-16-32(28-44(38)55(42)48-14-5-7-24-51-48)58-34-18-22-40-41-23-19-35(31-47(41)57(46(40)30-34)50-53-26-9-27-54-50)59-33-17-21-39-37-11-2-4-13-43(37)56(45(39)29-33)49-15-6-8-25-52-49/h1-31H/i24D,25D. The highest BCUT2D eigenvalue weighted by molar-refractivity contribution is 6.11. The van der Waals surface area contributed by atoms with E-state index in [4.69, 9.17) is 12.2 Å². The molecule has 12 rings (SSSR count). The zero-order valence-electron chi connectivity index (χ0n) is 33.2. The van der Waals surface area contributed by atoms with Crippen molar-refractivity contribution in [2.45, 2.75) is 0 Å². The largest absolute Gasteiger partial charge is 0.457 e.